The van der Waals surface area contributed by atoms with E-state index in [9.17, 15) is 12.9 Å². The van der Waals surface area contributed by atoms with Crippen molar-refractivity contribution < 1.29 is 64.3 Å². The van der Waals surface area contributed by atoms with Gasteiger partial charge >= 0.3 is 58.4 Å². The molecule has 1 rings (SSSR count). The van der Waals surface area contributed by atoms with Crippen molar-refractivity contribution in [3.63, 3.8) is 0 Å². The molecular weight excluding hydrogens is 217 g/mol. The molecule has 72 valence electrons. The fraction of sp³-hybridized carbons (Fsp3) is 0.375. The van der Waals surface area contributed by atoms with Crippen molar-refractivity contribution >= 4 is 6.98 Å². The van der Waals surface area contributed by atoms with Crippen molar-refractivity contribution in [1.29, 1.82) is 0 Å². The van der Waals surface area contributed by atoms with Gasteiger partial charge in [-0.2, -0.15) is 0 Å². The summed E-state index contributed by atoms with van der Waals surface area (Å²) in [6, 6.07) is 4.75. The average Bonchev–Trinajstić information content (AvgIpc) is 2.01. The Morgan fingerprint density at radius 1 is 1.21 bits per heavy atom. The minimum Gasteiger partial charge on any atom is -0.449 e. The Bertz CT molecular complexity index is 290. The molecule has 0 unspecified atom stereocenters. The SMILES string of the molecule is CCc1cccc(C[B-](F)(F)F)n1.[K+]. The maximum atomic E-state index is 12.0. The molecule has 0 N–H and O–H groups in total. The van der Waals surface area contributed by atoms with Crippen LogP contribution in [0, 0.1) is 0 Å². The molecule has 0 radical (unpaired) electrons. The van der Waals surface area contributed by atoms with Crippen LogP contribution in [0.2, 0.25) is 0 Å². The van der Waals surface area contributed by atoms with E-state index in [4.69, 9.17) is 0 Å². The van der Waals surface area contributed by atoms with Crippen molar-refractivity contribution in [1.82, 2.24) is 4.98 Å². The Morgan fingerprint density at radius 3 is 2.29 bits per heavy atom. The van der Waals surface area contributed by atoms with Crippen molar-refractivity contribution in [3.8, 4) is 0 Å². The summed E-state index contributed by atoms with van der Waals surface area (Å²) in [6.45, 7) is -2.90. The molecule has 0 amide bonds. The van der Waals surface area contributed by atoms with Gasteiger partial charge in [-0.25, -0.2) is 0 Å². The average molecular weight is 227 g/mol. The zero-order valence-corrected chi connectivity index (χ0v) is 11.4. The quantitative estimate of drug-likeness (QED) is 0.639. The summed E-state index contributed by atoms with van der Waals surface area (Å²) in [7, 11) is 0. The first kappa shape index (κ1) is 14.6. The van der Waals surface area contributed by atoms with Gasteiger partial charge in [0.2, 0.25) is 0 Å². The largest absolute Gasteiger partial charge is 1.00 e. The van der Waals surface area contributed by atoms with Crippen molar-refractivity contribution in [2.75, 3.05) is 0 Å². The summed E-state index contributed by atoms with van der Waals surface area (Å²) < 4.78 is 36.0. The number of hydrogen-bond acceptors (Lipinski definition) is 1. The standard InChI is InChI=1S/C8H10BF3N.K/c1-2-7-4-3-5-8(13-7)6-9(10,11)12;/h3-5H,2,6H2,1H3;/q-1;+1. The number of nitrogens with zero attached hydrogens (tertiary/aromatic N) is 1. The van der Waals surface area contributed by atoms with Crippen LogP contribution in [-0.2, 0) is 12.7 Å². The van der Waals surface area contributed by atoms with E-state index in [-0.39, 0.29) is 57.1 Å². The Kier molecular flexibility index (Phi) is 6.56. The molecule has 0 saturated carbocycles. The van der Waals surface area contributed by atoms with E-state index in [1.54, 1.807) is 12.1 Å². The predicted molar refractivity (Wildman–Crippen MR) is 46.4 cm³/mol. The van der Waals surface area contributed by atoms with E-state index in [2.05, 4.69) is 4.98 Å². The molecule has 0 bridgehead atoms. The van der Waals surface area contributed by atoms with Crippen LogP contribution >= 0.6 is 0 Å². The molecule has 0 fully saturated rings. The van der Waals surface area contributed by atoms with Crippen molar-refractivity contribution in [3.05, 3.63) is 29.6 Å². The normalized spacial score (nSPS) is 10.9. The molecule has 6 heteroatoms. The van der Waals surface area contributed by atoms with Crippen LogP contribution in [0.15, 0.2) is 18.2 Å². The van der Waals surface area contributed by atoms with Gasteiger partial charge in [-0.1, -0.05) is 13.0 Å². The zero-order valence-electron chi connectivity index (χ0n) is 8.30. The van der Waals surface area contributed by atoms with Gasteiger partial charge in [-0.3, -0.25) is 4.98 Å². The fourth-order valence-corrected chi connectivity index (χ4v) is 1.08. The van der Waals surface area contributed by atoms with Gasteiger partial charge in [-0.15, -0.1) is 0 Å². The van der Waals surface area contributed by atoms with Crippen LogP contribution < -0.4 is 51.4 Å². The molecule has 1 nitrogen and oxygen atoms in total. The second-order valence-electron chi connectivity index (χ2n) is 2.89. The van der Waals surface area contributed by atoms with E-state index < -0.39 is 13.3 Å². The molecule has 0 aliphatic heterocycles. The van der Waals surface area contributed by atoms with Crippen LogP contribution in [0.25, 0.3) is 0 Å². The van der Waals surface area contributed by atoms with Gasteiger partial charge in [-0.05, 0) is 24.9 Å². The zero-order chi connectivity index (χ0) is 9.90. The molecule has 1 aromatic heterocycles. The number of aryl methyl sites for hydroxylation is 1. The Hall–Kier alpha value is 0.641. The number of hydrogen-bond donors (Lipinski definition) is 0. The third-order valence-electron chi connectivity index (χ3n) is 1.67. The molecule has 0 aliphatic carbocycles. The van der Waals surface area contributed by atoms with Gasteiger partial charge in [0.05, 0.1) is 0 Å². The number of halogens is 3. The number of pyridine rings is 1. The third-order valence-corrected chi connectivity index (χ3v) is 1.67. The summed E-state index contributed by atoms with van der Waals surface area (Å²) in [5.74, 6) is 0. The molecule has 14 heavy (non-hydrogen) atoms. The van der Waals surface area contributed by atoms with Crippen LogP contribution in [0.4, 0.5) is 12.9 Å². The van der Waals surface area contributed by atoms with Gasteiger partial charge in [0.1, 0.15) is 0 Å². The molecule has 1 aromatic rings. The minimum absolute atomic E-state index is 0. The second kappa shape index (κ2) is 6.27. The van der Waals surface area contributed by atoms with Crippen LogP contribution in [-0.4, -0.2) is 12.0 Å². The monoisotopic (exact) mass is 227 g/mol. The van der Waals surface area contributed by atoms with E-state index in [0.29, 0.717) is 12.1 Å². The first-order chi connectivity index (χ1) is 6.01. The first-order valence-corrected chi connectivity index (χ1v) is 4.17. The van der Waals surface area contributed by atoms with E-state index in [1.807, 2.05) is 6.92 Å². The van der Waals surface area contributed by atoms with Gasteiger partial charge in [0.15, 0.2) is 0 Å². The van der Waals surface area contributed by atoms with E-state index >= 15 is 0 Å². The van der Waals surface area contributed by atoms with Gasteiger partial charge in [0, 0.05) is 11.4 Å². The molecule has 0 aromatic carbocycles. The van der Waals surface area contributed by atoms with Crippen molar-refractivity contribution in [2.45, 2.75) is 19.7 Å². The van der Waals surface area contributed by atoms with E-state index in [1.165, 1.54) is 6.07 Å². The van der Waals surface area contributed by atoms with Crippen LogP contribution in [0.5, 0.6) is 0 Å². The molecule has 0 aliphatic rings. The fourth-order valence-electron chi connectivity index (χ4n) is 1.08. The minimum atomic E-state index is -4.77. The van der Waals surface area contributed by atoms with Gasteiger partial charge < -0.3 is 12.9 Å². The molecular formula is C8H10BF3KN. The predicted octanol–water partition coefficient (Wildman–Crippen LogP) is -0.423. The van der Waals surface area contributed by atoms with Crippen molar-refractivity contribution in [2.24, 2.45) is 0 Å². The molecule has 0 saturated heterocycles. The van der Waals surface area contributed by atoms with Crippen LogP contribution in [0.1, 0.15) is 18.3 Å². The summed E-state index contributed by atoms with van der Waals surface area (Å²) in [6.07, 6.45) is -0.216. The van der Waals surface area contributed by atoms with E-state index in [0.717, 1.165) is 0 Å². The first-order valence-electron chi connectivity index (χ1n) is 4.17. The Labute approximate surface area is 124 Å². The number of aromatic nitrogens is 1. The maximum Gasteiger partial charge on any atom is 1.00 e. The second-order valence-corrected chi connectivity index (χ2v) is 2.89. The Morgan fingerprint density at radius 2 is 1.79 bits per heavy atom. The topological polar surface area (TPSA) is 12.9 Å². The molecule has 1 heterocycles. The Balaban J connectivity index is 0.00000169. The third kappa shape index (κ3) is 5.50. The van der Waals surface area contributed by atoms with Gasteiger partial charge in [0.25, 0.3) is 0 Å². The summed E-state index contributed by atoms with van der Waals surface area (Å²) in [5, 5.41) is 0. The smallest absolute Gasteiger partial charge is 0.449 e. The summed E-state index contributed by atoms with van der Waals surface area (Å²) in [4.78, 5) is 3.87. The summed E-state index contributed by atoms with van der Waals surface area (Å²) >= 11 is 0. The molecule has 0 spiro atoms. The molecule has 0 atom stereocenters. The number of rotatable bonds is 3. The summed E-state index contributed by atoms with van der Waals surface area (Å²) in [5.41, 5.74) is 0.824. The maximum absolute atomic E-state index is 12.0. The van der Waals surface area contributed by atoms with Crippen LogP contribution in [0.3, 0.4) is 0 Å².